The summed E-state index contributed by atoms with van der Waals surface area (Å²) >= 11 is 0. The van der Waals surface area contributed by atoms with Crippen molar-refractivity contribution >= 4 is 11.9 Å². The van der Waals surface area contributed by atoms with Gasteiger partial charge in [-0.05, 0) is 0 Å². The van der Waals surface area contributed by atoms with E-state index in [-0.39, 0.29) is 0 Å². The smallest absolute Gasteiger partial charge is 0.122 e. The Morgan fingerprint density at radius 1 is 1.58 bits per heavy atom. The van der Waals surface area contributed by atoms with E-state index in [0.29, 0.717) is 12.4 Å². The van der Waals surface area contributed by atoms with Gasteiger partial charge >= 0.3 is 0 Å². The Bertz CT molecular complexity index is 311. The van der Waals surface area contributed by atoms with Gasteiger partial charge in [0.25, 0.3) is 0 Å². The van der Waals surface area contributed by atoms with Crippen LogP contribution in [-0.2, 0) is 0 Å². The molecule has 0 unspecified atom stereocenters. The molecule has 5 heteroatoms. The number of nitrogens with zero attached hydrogens (tertiary/aromatic N) is 3. The summed E-state index contributed by atoms with van der Waals surface area (Å²) in [7, 11) is 0. The fourth-order valence-electron chi connectivity index (χ4n) is 1.08. The van der Waals surface area contributed by atoms with Gasteiger partial charge in [-0.1, -0.05) is 0 Å². The molecule has 0 aliphatic carbocycles. The number of nitrogens with one attached hydrogen (secondary N) is 1. The van der Waals surface area contributed by atoms with Crippen LogP contribution in [0.1, 0.15) is 0 Å². The van der Waals surface area contributed by atoms with E-state index in [0.717, 1.165) is 5.69 Å². The van der Waals surface area contributed by atoms with Gasteiger partial charge in [-0.25, -0.2) is 0 Å². The molecule has 0 radical (unpaired) electrons. The molecule has 62 valence electrons. The average Bonchev–Trinajstić information content (AvgIpc) is 2.57. The number of hydrogen-bond donors (Lipinski definition) is 2. The molecule has 5 nitrogen and oxygen atoms in total. The van der Waals surface area contributed by atoms with Gasteiger partial charge in [0.2, 0.25) is 0 Å². The lowest BCUT2D eigenvalue weighted by Gasteiger charge is -2.22. The average molecular weight is 163 g/mol. The van der Waals surface area contributed by atoms with Gasteiger partial charge < -0.3 is 10.6 Å². The first-order valence-electron chi connectivity index (χ1n) is 3.61. The Labute approximate surface area is 69.6 Å². The van der Waals surface area contributed by atoms with Crippen molar-refractivity contribution in [2.45, 2.75) is 0 Å². The van der Waals surface area contributed by atoms with E-state index in [2.05, 4.69) is 15.2 Å². The first-order chi connectivity index (χ1) is 5.88. The number of hydrogen-bond acceptors (Lipinski definition) is 4. The SMILES string of the molecule is NC1=CN=CCN1c1cn[nH]c1. The monoisotopic (exact) mass is 163 g/mol. The number of nitrogens with two attached hydrogens (primary N) is 1. The molecule has 0 spiro atoms. The number of anilines is 1. The van der Waals surface area contributed by atoms with Crippen molar-refractivity contribution in [3.63, 3.8) is 0 Å². The largest absolute Gasteiger partial charge is 0.384 e. The number of H-pyrrole nitrogens is 1. The fraction of sp³-hybridized carbons (Fsp3) is 0.143. The van der Waals surface area contributed by atoms with Crippen molar-refractivity contribution in [1.82, 2.24) is 10.2 Å². The number of aromatic nitrogens is 2. The molecular weight excluding hydrogens is 154 g/mol. The van der Waals surface area contributed by atoms with E-state index in [1.165, 1.54) is 0 Å². The zero-order chi connectivity index (χ0) is 8.39. The number of aromatic amines is 1. The third kappa shape index (κ3) is 1.05. The maximum absolute atomic E-state index is 5.70. The second kappa shape index (κ2) is 2.69. The van der Waals surface area contributed by atoms with Crippen LogP contribution in [0.25, 0.3) is 0 Å². The van der Waals surface area contributed by atoms with Crippen LogP contribution in [-0.4, -0.2) is 23.0 Å². The summed E-state index contributed by atoms with van der Waals surface area (Å²) in [5.41, 5.74) is 6.66. The zero-order valence-corrected chi connectivity index (χ0v) is 6.44. The third-order valence-electron chi connectivity index (χ3n) is 1.68. The maximum Gasteiger partial charge on any atom is 0.122 e. The molecule has 0 fully saturated rings. The summed E-state index contributed by atoms with van der Waals surface area (Å²) < 4.78 is 0. The van der Waals surface area contributed by atoms with E-state index >= 15 is 0 Å². The van der Waals surface area contributed by atoms with E-state index in [1.807, 2.05) is 4.90 Å². The van der Waals surface area contributed by atoms with Crippen molar-refractivity contribution < 1.29 is 0 Å². The Balaban J connectivity index is 2.26. The molecule has 12 heavy (non-hydrogen) atoms. The Kier molecular flexibility index (Phi) is 1.55. The van der Waals surface area contributed by atoms with E-state index < -0.39 is 0 Å². The predicted molar refractivity (Wildman–Crippen MR) is 46.7 cm³/mol. The zero-order valence-electron chi connectivity index (χ0n) is 6.44. The molecule has 3 N–H and O–H groups in total. The summed E-state index contributed by atoms with van der Waals surface area (Å²) in [6.07, 6.45) is 6.93. The van der Waals surface area contributed by atoms with Gasteiger partial charge in [-0.15, -0.1) is 0 Å². The van der Waals surface area contributed by atoms with Gasteiger partial charge in [0, 0.05) is 12.4 Å². The molecule has 2 rings (SSSR count). The minimum absolute atomic E-state index is 0.638. The Morgan fingerprint density at radius 3 is 3.17 bits per heavy atom. The van der Waals surface area contributed by atoms with Crippen molar-refractivity contribution in [2.24, 2.45) is 10.7 Å². The lowest BCUT2D eigenvalue weighted by Crippen LogP contribution is -2.30. The first-order valence-corrected chi connectivity index (χ1v) is 3.61. The van der Waals surface area contributed by atoms with Crippen molar-refractivity contribution in [3.8, 4) is 0 Å². The molecule has 1 aromatic heterocycles. The highest BCUT2D eigenvalue weighted by atomic mass is 15.2. The summed E-state index contributed by atoms with van der Waals surface area (Å²) in [5.74, 6) is 0.638. The Morgan fingerprint density at radius 2 is 2.50 bits per heavy atom. The molecule has 0 saturated carbocycles. The van der Waals surface area contributed by atoms with Crippen LogP contribution in [0.15, 0.2) is 29.4 Å². The summed E-state index contributed by atoms with van der Waals surface area (Å²) in [5, 5.41) is 6.57. The van der Waals surface area contributed by atoms with Crippen LogP contribution in [0.4, 0.5) is 5.69 Å². The van der Waals surface area contributed by atoms with E-state index in [4.69, 9.17) is 5.73 Å². The van der Waals surface area contributed by atoms with E-state index in [9.17, 15) is 0 Å². The molecule has 1 aromatic rings. The molecular formula is C7H9N5. The van der Waals surface area contributed by atoms with Crippen LogP contribution < -0.4 is 10.6 Å². The molecule has 1 aliphatic rings. The number of rotatable bonds is 1. The minimum Gasteiger partial charge on any atom is -0.384 e. The number of aliphatic imine (C=N–C) groups is 1. The van der Waals surface area contributed by atoms with Gasteiger partial charge in [-0.2, -0.15) is 5.10 Å². The summed E-state index contributed by atoms with van der Waals surface area (Å²) in [6.45, 7) is 0.696. The van der Waals surface area contributed by atoms with Crippen LogP contribution in [0.2, 0.25) is 0 Å². The molecule has 0 saturated heterocycles. The second-order valence-electron chi connectivity index (χ2n) is 2.45. The minimum atomic E-state index is 0.638. The van der Waals surface area contributed by atoms with Crippen LogP contribution in [0.5, 0.6) is 0 Å². The third-order valence-corrected chi connectivity index (χ3v) is 1.68. The van der Waals surface area contributed by atoms with Crippen molar-refractivity contribution in [1.29, 1.82) is 0 Å². The van der Waals surface area contributed by atoms with Gasteiger partial charge in [0.15, 0.2) is 0 Å². The standard InChI is InChI=1S/C7H9N5/c8-7-5-9-1-2-12(7)6-3-10-11-4-6/h1,3-5H,2,8H2,(H,10,11). The summed E-state index contributed by atoms with van der Waals surface area (Å²) in [6, 6.07) is 0. The molecule has 0 aromatic carbocycles. The van der Waals surface area contributed by atoms with Gasteiger partial charge in [0.05, 0.1) is 24.6 Å². The van der Waals surface area contributed by atoms with Crippen LogP contribution in [0, 0.1) is 0 Å². The second-order valence-corrected chi connectivity index (χ2v) is 2.45. The molecule has 0 atom stereocenters. The topological polar surface area (TPSA) is 70.3 Å². The van der Waals surface area contributed by atoms with Crippen LogP contribution >= 0.6 is 0 Å². The quantitative estimate of drug-likeness (QED) is 0.615. The molecule has 2 heterocycles. The highest BCUT2D eigenvalue weighted by molar-refractivity contribution is 5.70. The molecule has 1 aliphatic heterocycles. The maximum atomic E-state index is 5.70. The lowest BCUT2D eigenvalue weighted by atomic mass is 10.4. The Hall–Kier alpha value is -1.78. The highest BCUT2D eigenvalue weighted by Crippen LogP contribution is 2.14. The lowest BCUT2D eigenvalue weighted by molar-refractivity contribution is 0.991. The highest BCUT2D eigenvalue weighted by Gasteiger charge is 2.10. The summed E-state index contributed by atoms with van der Waals surface area (Å²) in [4.78, 5) is 5.85. The molecule has 0 amide bonds. The fourth-order valence-corrected chi connectivity index (χ4v) is 1.08. The predicted octanol–water partition coefficient (Wildman–Crippen LogP) is 0.0581. The van der Waals surface area contributed by atoms with Crippen molar-refractivity contribution in [3.05, 3.63) is 24.4 Å². The van der Waals surface area contributed by atoms with Crippen molar-refractivity contribution in [2.75, 3.05) is 11.4 Å². The first kappa shape index (κ1) is 6.90. The van der Waals surface area contributed by atoms with Gasteiger partial charge in [-0.3, -0.25) is 10.1 Å². The molecule has 0 bridgehead atoms. The normalized spacial score (nSPS) is 16.3. The van der Waals surface area contributed by atoms with Gasteiger partial charge in [0.1, 0.15) is 5.82 Å². The van der Waals surface area contributed by atoms with E-state index in [1.54, 1.807) is 24.8 Å². The van der Waals surface area contributed by atoms with Crippen LogP contribution in [0.3, 0.4) is 0 Å².